The smallest absolute Gasteiger partial charge is 0.327 e. The number of aliphatic carboxylic acids is 1. The van der Waals surface area contributed by atoms with Crippen molar-refractivity contribution in [3.63, 3.8) is 0 Å². The molecule has 0 aromatic heterocycles. The standard InChI is InChI=1S/C11H21N3O3S/c1-8-14(9(7-18-8)10(15)16)11(17)12-5-4-6-13(2)3/h8-9H,4-7H2,1-3H3,(H,12,17)(H,15,16). The first-order valence-corrected chi connectivity index (χ1v) is 7.03. The van der Waals surface area contributed by atoms with E-state index in [2.05, 4.69) is 5.32 Å². The summed E-state index contributed by atoms with van der Waals surface area (Å²) < 4.78 is 0. The molecule has 104 valence electrons. The lowest BCUT2D eigenvalue weighted by atomic mass is 10.3. The molecule has 0 aromatic rings. The average molecular weight is 275 g/mol. The van der Waals surface area contributed by atoms with Gasteiger partial charge in [-0.15, -0.1) is 11.8 Å². The molecule has 1 fully saturated rings. The predicted octanol–water partition coefficient (Wildman–Crippen LogP) is 0.496. The first-order valence-electron chi connectivity index (χ1n) is 5.98. The molecular formula is C11H21N3O3S. The highest BCUT2D eigenvalue weighted by atomic mass is 32.2. The van der Waals surface area contributed by atoms with Gasteiger partial charge in [-0.25, -0.2) is 9.59 Å². The van der Waals surface area contributed by atoms with Crippen LogP contribution in [-0.2, 0) is 4.79 Å². The Kier molecular flexibility index (Phi) is 5.74. The number of urea groups is 1. The summed E-state index contributed by atoms with van der Waals surface area (Å²) in [6.45, 7) is 3.32. The largest absolute Gasteiger partial charge is 0.480 e. The minimum absolute atomic E-state index is 0.0834. The van der Waals surface area contributed by atoms with Crippen LogP contribution in [0.15, 0.2) is 0 Å². The molecule has 1 aliphatic rings. The summed E-state index contributed by atoms with van der Waals surface area (Å²) in [6, 6.07) is -0.988. The van der Waals surface area contributed by atoms with E-state index in [0.717, 1.165) is 13.0 Å². The third kappa shape index (κ3) is 4.06. The normalized spacial score (nSPS) is 23.4. The average Bonchev–Trinajstić information content (AvgIpc) is 2.66. The van der Waals surface area contributed by atoms with Crippen molar-refractivity contribution < 1.29 is 14.7 Å². The molecule has 18 heavy (non-hydrogen) atoms. The first-order chi connectivity index (χ1) is 8.43. The number of rotatable bonds is 5. The Morgan fingerprint density at radius 1 is 1.50 bits per heavy atom. The third-order valence-electron chi connectivity index (χ3n) is 2.80. The molecule has 0 bridgehead atoms. The van der Waals surface area contributed by atoms with Crippen LogP contribution in [-0.4, -0.2) is 71.3 Å². The lowest BCUT2D eigenvalue weighted by molar-refractivity contribution is -0.141. The van der Waals surface area contributed by atoms with Gasteiger partial charge < -0.3 is 15.3 Å². The Balaban J connectivity index is 2.41. The number of nitrogens with one attached hydrogen (secondary N) is 1. The molecule has 2 N–H and O–H groups in total. The summed E-state index contributed by atoms with van der Waals surface area (Å²) in [5, 5.41) is 11.7. The number of carboxylic acid groups (broad SMARTS) is 1. The monoisotopic (exact) mass is 275 g/mol. The van der Waals surface area contributed by atoms with Crippen LogP contribution < -0.4 is 5.32 Å². The SMILES string of the molecule is CC1SCC(C(=O)O)N1C(=O)NCCCN(C)C. The number of amides is 2. The van der Waals surface area contributed by atoms with Gasteiger partial charge in [0, 0.05) is 12.3 Å². The molecule has 0 radical (unpaired) electrons. The van der Waals surface area contributed by atoms with Crippen molar-refractivity contribution in [1.82, 2.24) is 15.1 Å². The second-order valence-electron chi connectivity index (χ2n) is 4.58. The quantitative estimate of drug-likeness (QED) is 0.715. The van der Waals surface area contributed by atoms with Crippen LogP contribution >= 0.6 is 11.8 Å². The van der Waals surface area contributed by atoms with Gasteiger partial charge in [-0.1, -0.05) is 0 Å². The fourth-order valence-corrected chi connectivity index (χ4v) is 2.99. The Morgan fingerprint density at radius 2 is 2.17 bits per heavy atom. The van der Waals surface area contributed by atoms with Gasteiger partial charge in [0.05, 0.1) is 5.37 Å². The van der Waals surface area contributed by atoms with E-state index in [1.54, 1.807) is 0 Å². The maximum absolute atomic E-state index is 11.9. The first kappa shape index (κ1) is 15.1. The zero-order valence-electron chi connectivity index (χ0n) is 11.0. The third-order valence-corrected chi connectivity index (χ3v) is 4.02. The van der Waals surface area contributed by atoms with Gasteiger partial charge in [0.25, 0.3) is 0 Å². The van der Waals surface area contributed by atoms with Crippen LogP contribution in [0.2, 0.25) is 0 Å². The van der Waals surface area contributed by atoms with E-state index in [9.17, 15) is 9.59 Å². The lowest BCUT2D eigenvalue weighted by Crippen LogP contribution is -2.49. The number of hydrogen-bond donors (Lipinski definition) is 2. The summed E-state index contributed by atoms with van der Waals surface area (Å²) in [5.41, 5.74) is 0. The van der Waals surface area contributed by atoms with E-state index in [-0.39, 0.29) is 11.4 Å². The zero-order valence-corrected chi connectivity index (χ0v) is 11.9. The minimum atomic E-state index is -0.935. The van der Waals surface area contributed by atoms with E-state index < -0.39 is 12.0 Å². The fourth-order valence-electron chi connectivity index (χ4n) is 1.82. The van der Waals surface area contributed by atoms with Crippen LogP contribution in [0.5, 0.6) is 0 Å². The number of thioether (sulfide) groups is 1. The van der Waals surface area contributed by atoms with Crippen molar-refractivity contribution in [3.05, 3.63) is 0 Å². The summed E-state index contributed by atoms with van der Waals surface area (Å²) in [6.07, 6.45) is 0.853. The van der Waals surface area contributed by atoms with Crippen LogP contribution in [0, 0.1) is 0 Å². The molecule has 1 rings (SSSR count). The minimum Gasteiger partial charge on any atom is -0.480 e. The molecule has 7 heteroatoms. The molecule has 0 aromatic carbocycles. The molecule has 6 nitrogen and oxygen atoms in total. The number of nitrogens with zero attached hydrogens (tertiary/aromatic N) is 2. The van der Waals surface area contributed by atoms with Crippen molar-refractivity contribution in [2.45, 2.75) is 24.8 Å². The Morgan fingerprint density at radius 3 is 2.72 bits per heavy atom. The fraction of sp³-hybridized carbons (Fsp3) is 0.818. The van der Waals surface area contributed by atoms with Gasteiger partial charge in [-0.05, 0) is 34.0 Å². The number of carboxylic acids is 1. The van der Waals surface area contributed by atoms with Crippen LogP contribution in [0.1, 0.15) is 13.3 Å². The van der Waals surface area contributed by atoms with Crippen molar-refractivity contribution in [3.8, 4) is 0 Å². The van der Waals surface area contributed by atoms with Gasteiger partial charge in [-0.3, -0.25) is 4.90 Å². The molecule has 2 atom stereocenters. The maximum Gasteiger partial charge on any atom is 0.327 e. The van der Waals surface area contributed by atoms with Gasteiger partial charge >= 0.3 is 12.0 Å². The van der Waals surface area contributed by atoms with E-state index in [0.29, 0.717) is 12.3 Å². The van der Waals surface area contributed by atoms with Gasteiger partial charge in [0.2, 0.25) is 0 Å². The molecule has 2 unspecified atom stereocenters. The van der Waals surface area contributed by atoms with Crippen molar-refractivity contribution in [2.75, 3.05) is 32.9 Å². The molecule has 0 spiro atoms. The second-order valence-corrected chi connectivity index (χ2v) is 5.93. The highest BCUT2D eigenvalue weighted by Gasteiger charge is 2.39. The number of hydrogen-bond acceptors (Lipinski definition) is 4. The molecule has 1 saturated heterocycles. The molecule has 1 heterocycles. The number of carbonyl (C=O) groups is 2. The number of carbonyl (C=O) groups excluding carboxylic acids is 1. The van der Waals surface area contributed by atoms with Crippen LogP contribution in [0.4, 0.5) is 4.79 Å². The molecule has 1 aliphatic heterocycles. The Bertz CT molecular complexity index is 312. The Hall–Kier alpha value is -0.950. The van der Waals surface area contributed by atoms with E-state index >= 15 is 0 Å². The van der Waals surface area contributed by atoms with E-state index in [1.807, 2.05) is 25.9 Å². The van der Waals surface area contributed by atoms with E-state index in [1.165, 1.54) is 16.7 Å². The topological polar surface area (TPSA) is 72.9 Å². The molecule has 0 aliphatic carbocycles. The zero-order chi connectivity index (χ0) is 13.7. The van der Waals surface area contributed by atoms with Crippen molar-refractivity contribution in [1.29, 1.82) is 0 Å². The molecule has 0 saturated carbocycles. The summed E-state index contributed by atoms with van der Waals surface area (Å²) in [7, 11) is 3.95. The van der Waals surface area contributed by atoms with E-state index in [4.69, 9.17) is 5.11 Å². The van der Waals surface area contributed by atoms with Gasteiger partial charge in [0.1, 0.15) is 6.04 Å². The maximum atomic E-state index is 11.9. The van der Waals surface area contributed by atoms with Gasteiger partial charge in [0.15, 0.2) is 0 Å². The van der Waals surface area contributed by atoms with Crippen molar-refractivity contribution in [2.24, 2.45) is 0 Å². The molecule has 2 amide bonds. The van der Waals surface area contributed by atoms with Gasteiger partial charge in [-0.2, -0.15) is 0 Å². The van der Waals surface area contributed by atoms with Crippen LogP contribution in [0.25, 0.3) is 0 Å². The summed E-state index contributed by atoms with van der Waals surface area (Å²) in [5.74, 6) is -0.475. The molecular weight excluding hydrogens is 254 g/mol. The highest BCUT2D eigenvalue weighted by Crippen LogP contribution is 2.28. The lowest BCUT2D eigenvalue weighted by Gasteiger charge is -2.25. The summed E-state index contributed by atoms with van der Waals surface area (Å²) >= 11 is 1.49. The Labute approximate surface area is 112 Å². The second kappa shape index (κ2) is 6.84. The van der Waals surface area contributed by atoms with Crippen LogP contribution in [0.3, 0.4) is 0 Å². The predicted molar refractivity (Wildman–Crippen MR) is 71.8 cm³/mol. The highest BCUT2D eigenvalue weighted by molar-refractivity contribution is 8.00. The summed E-state index contributed by atoms with van der Waals surface area (Å²) in [4.78, 5) is 26.4. The van der Waals surface area contributed by atoms with Crippen molar-refractivity contribution >= 4 is 23.8 Å².